The Kier molecular flexibility index (Phi) is 4.07. The van der Waals surface area contributed by atoms with Crippen LogP contribution in [0.4, 0.5) is 0 Å². The van der Waals surface area contributed by atoms with E-state index in [2.05, 4.69) is 0 Å². The molecular formula is C18H20O2. The van der Waals surface area contributed by atoms with Crippen LogP contribution < -0.4 is 0 Å². The molecule has 20 heavy (non-hydrogen) atoms. The quantitative estimate of drug-likeness (QED) is 0.651. The molecule has 0 aliphatic heterocycles. The Morgan fingerprint density at radius 1 is 0.950 bits per heavy atom. The molecule has 1 aromatic carbocycles. The lowest BCUT2D eigenvalue weighted by Gasteiger charge is -2.41. The van der Waals surface area contributed by atoms with Gasteiger partial charge in [-0.25, -0.2) is 0 Å². The minimum atomic E-state index is -1.98. The van der Waals surface area contributed by atoms with Crippen molar-refractivity contribution in [2.75, 3.05) is 0 Å². The molecule has 2 heteroatoms. The van der Waals surface area contributed by atoms with Crippen molar-refractivity contribution >= 4 is 5.57 Å². The Morgan fingerprint density at radius 3 is 2.10 bits per heavy atom. The van der Waals surface area contributed by atoms with E-state index in [9.17, 15) is 10.2 Å². The zero-order valence-electron chi connectivity index (χ0n) is 11.8. The molecule has 0 saturated carbocycles. The van der Waals surface area contributed by atoms with Crippen LogP contribution in [0.5, 0.6) is 0 Å². The van der Waals surface area contributed by atoms with Gasteiger partial charge in [-0.3, -0.25) is 0 Å². The molecule has 2 rings (SSSR count). The molecule has 104 valence electrons. The molecule has 2 N–H and O–H groups in total. The molecule has 0 fully saturated rings. The largest absolute Gasteiger partial charge is 0.361 e. The first-order valence-electron chi connectivity index (χ1n) is 6.75. The zero-order valence-corrected chi connectivity index (χ0v) is 11.8. The van der Waals surface area contributed by atoms with E-state index in [0.717, 1.165) is 5.56 Å². The fourth-order valence-corrected chi connectivity index (χ4v) is 2.64. The molecule has 0 saturated heterocycles. The number of allylic oxidation sites excluding steroid dienone is 4. The molecule has 0 heterocycles. The first kappa shape index (κ1) is 14.5. The molecule has 1 aromatic rings. The van der Waals surface area contributed by atoms with Gasteiger partial charge < -0.3 is 10.2 Å². The van der Waals surface area contributed by atoms with E-state index in [1.165, 1.54) is 0 Å². The molecule has 0 amide bonds. The van der Waals surface area contributed by atoms with Crippen LogP contribution in [0.1, 0.15) is 19.4 Å². The molecular weight excluding hydrogens is 248 g/mol. The van der Waals surface area contributed by atoms with Crippen molar-refractivity contribution in [2.24, 2.45) is 5.41 Å². The summed E-state index contributed by atoms with van der Waals surface area (Å²) in [6, 6.07) is 9.43. The summed E-state index contributed by atoms with van der Waals surface area (Å²) in [6.45, 7) is 3.74. The van der Waals surface area contributed by atoms with E-state index in [1.54, 1.807) is 24.3 Å². The predicted octanol–water partition coefficient (Wildman–Crippen LogP) is 3.46. The maximum absolute atomic E-state index is 10.8. The summed E-state index contributed by atoms with van der Waals surface area (Å²) in [7, 11) is 0. The predicted molar refractivity (Wildman–Crippen MR) is 82.8 cm³/mol. The summed E-state index contributed by atoms with van der Waals surface area (Å²) >= 11 is 0. The van der Waals surface area contributed by atoms with Crippen LogP contribution >= 0.6 is 0 Å². The molecule has 2 nitrogen and oxygen atoms in total. The first-order chi connectivity index (χ1) is 9.57. The van der Waals surface area contributed by atoms with Gasteiger partial charge in [-0.05, 0) is 19.4 Å². The summed E-state index contributed by atoms with van der Waals surface area (Å²) in [6.07, 6.45) is 12.7. The number of rotatable bonds is 3. The van der Waals surface area contributed by atoms with E-state index < -0.39 is 11.2 Å². The van der Waals surface area contributed by atoms with Gasteiger partial charge >= 0.3 is 0 Å². The second-order valence-corrected chi connectivity index (χ2v) is 4.91. The molecule has 0 bridgehead atoms. The third-order valence-electron chi connectivity index (χ3n) is 3.58. The highest BCUT2D eigenvalue weighted by Crippen LogP contribution is 2.46. The second-order valence-electron chi connectivity index (χ2n) is 4.91. The van der Waals surface area contributed by atoms with Gasteiger partial charge in [0.25, 0.3) is 0 Å². The second kappa shape index (κ2) is 5.61. The number of aliphatic hydroxyl groups is 2. The van der Waals surface area contributed by atoms with E-state index >= 15 is 0 Å². The van der Waals surface area contributed by atoms with Gasteiger partial charge in [0.1, 0.15) is 0 Å². The van der Waals surface area contributed by atoms with Gasteiger partial charge in [0, 0.05) is 5.57 Å². The van der Waals surface area contributed by atoms with E-state index in [4.69, 9.17) is 0 Å². The lowest BCUT2D eigenvalue weighted by molar-refractivity contribution is -0.150. The van der Waals surface area contributed by atoms with Gasteiger partial charge in [-0.15, -0.1) is 0 Å². The van der Waals surface area contributed by atoms with Crippen LogP contribution in [0.3, 0.4) is 0 Å². The smallest absolute Gasteiger partial charge is 0.207 e. The SMILES string of the molecule is CC=CC1(C=CC)C=CC=C(c2ccccc2)C1(O)O. The number of benzene rings is 1. The molecule has 0 radical (unpaired) electrons. The highest BCUT2D eigenvalue weighted by molar-refractivity contribution is 5.76. The van der Waals surface area contributed by atoms with Crippen LogP contribution in [0.2, 0.25) is 0 Å². The summed E-state index contributed by atoms with van der Waals surface area (Å²) in [4.78, 5) is 0. The number of hydrogen-bond acceptors (Lipinski definition) is 2. The van der Waals surface area contributed by atoms with Crippen molar-refractivity contribution < 1.29 is 10.2 Å². The monoisotopic (exact) mass is 268 g/mol. The Labute approximate surface area is 120 Å². The third kappa shape index (κ3) is 2.28. The first-order valence-corrected chi connectivity index (χ1v) is 6.75. The minimum Gasteiger partial charge on any atom is -0.361 e. The average molecular weight is 268 g/mol. The van der Waals surface area contributed by atoms with Crippen molar-refractivity contribution in [3.8, 4) is 0 Å². The van der Waals surface area contributed by atoms with Crippen LogP contribution in [-0.4, -0.2) is 16.0 Å². The number of hydrogen-bond donors (Lipinski definition) is 2. The van der Waals surface area contributed by atoms with Crippen LogP contribution in [0, 0.1) is 5.41 Å². The molecule has 0 atom stereocenters. The van der Waals surface area contributed by atoms with Gasteiger partial charge in [0.05, 0.1) is 5.41 Å². The van der Waals surface area contributed by atoms with Crippen molar-refractivity contribution in [1.82, 2.24) is 0 Å². The van der Waals surface area contributed by atoms with Crippen molar-refractivity contribution in [2.45, 2.75) is 19.6 Å². The highest BCUT2D eigenvalue weighted by Gasteiger charge is 2.48. The summed E-state index contributed by atoms with van der Waals surface area (Å²) in [5, 5.41) is 21.6. The summed E-state index contributed by atoms with van der Waals surface area (Å²) in [5.74, 6) is -1.98. The zero-order chi connectivity index (χ0) is 14.6. The summed E-state index contributed by atoms with van der Waals surface area (Å²) < 4.78 is 0. The third-order valence-corrected chi connectivity index (χ3v) is 3.58. The fraction of sp³-hybridized carbons (Fsp3) is 0.222. The topological polar surface area (TPSA) is 40.5 Å². The maximum atomic E-state index is 10.8. The van der Waals surface area contributed by atoms with Crippen LogP contribution in [-0.2, 0) is 0 Å². The Hall–Kier alpha value is -1.90. The Morgan fingerprint density at radius 2 is 1.55 bits per heavy atom. The summed E-state index contributed by atoms with van der Waals surface area (Å²) in [5.41, 5.74) is 0.355. The molecule has 1 aliphatic rings. The lowest BCUT2D eigenvalue weighted by atomic mass is 9.70. The maximum Gasteiger partial charge on any atom is 0.207 e. The molecule has 0 aromatic heterocycles. The van der Waals surface area contributed by atoms with Crippen molar-refractivity contribution in [3.63, 3.8) is 0 Å². The molecule has 0 spiro atoms. The van der Waals surface area contributed by atoms with Crippen molar-refractivity contribution in [3.05, 3.63) is 78.4 Å². The van der Waals surface area contributed by atoms with Gasteiger partial charge in [0.2, 0.25) is 5.79 Å². The average Bonchev–Trinajstić information content (AvgIpc) is 2.43. The normalized spacial score (nSPS) is 25.3. The minimum absolute atomic E-state index is 0.497. The highest BCUT2D eigenvalue weighted by atomic mass is 16.5. The Balaban J connectivity index is 2.58. The van der Waals surface area contributed by atoms with Gasteiger partial charge in [-0.1, -0.05) is 72.9 Å². The molecule has 0 unspecified atom stereocenters. The Bertz CT molecular complexity index is 563. The van der Waals surface area contributed by atoms with E-state index in [1.807, 2.05) is 62.4 Å². The molecule has 1 aliphatic carbocycles. The van der Waals surface area contributed by atoms with Gasteiger partial charge in [0.15, 0.2) is 0 Å². The van der Waals surface area contributed by atoms with Crippen molar-refractivity contribution in [1.29, 1.82) is 0 Å². The van der Waals surface area contributed by atoms with E-state index in [0.29, 0.717) is 5.57 Å². The van der Waals surface area contributed by atoms with E-state index in [-0.39, 0.29) is 0 Å². The standard InChI is InChI=1S/C18H20O2/c1-3-12-17(13-4-2)14-8-11-16(18(17,19)20)15-9-6-5-7-10-15/h3-14,19-20H,1-2H3. The van der Waals surface area contributed by atoms with Crippen LogP contribution in [0.25, 0.3) is 5.57 Å². The van der Waals surface area contributed by atoms with Gasteiger partial charge in [-0.2, -0.15) is 0 Å². The van der Waals surface area contributed by atoms with Crippen LogP contribution in [0.15, 0.2) is 72.9 Å². The fourth-order valence-electron chi connectivity index (χ4n) is 2.64. The lowest BCUT2D eigenvalue weighted by Crippen LogP contribution is -2.47.